The van der Waals surface area contributed by atoms with Crippen molar-refractivity contribution in [3.8, 4) is 0 Å². The summed E-state index contributed by atoms with van der Waals surface area (Å²) in [5.74, 6) is 0. The second-order valence-electron chi connectivity index (χ2n) is 4.78. The summed E-state index contributed by atoms with van der Waals surface area (Å²) in [7, 11) is 1.92. The van der Waals surface area contributed by atoms with Crippen LogP contribution < -0.4 is 0 Å². The van der Waals surface area contributed by atoms with E-state index in [0.717, 1.165) is 0 Å². The first-order valence-electron chi connectivity index (χ1n) is 5.52. The molecule has 0 aliphatic heterocycles. The monoisotopic (exact) mass is 300 g/mol. The SMILES string of the molecule is CC(S)=COCCOP(=O)(O)OCC[N+](C)(C)C. The van der Waals surface area contributed by atoms with Gasteiger partial charge in [0.1, 0.15) is 19.8 Å². The number of phosphoric acid groups is 1. The number of likely N-dealkylation sites (N-methyl/N-ethyl adjacent to an activating group) is 1. The Morgan fingerprint density at radius 2 is 1.83 bits per heavy atom. The lowest BCUT2D eigenvalue weighted by atomic mass is 10.5. The summed E-state index contributed by atoms with van der Waals surface area (Å²) in [6, 6.07) is 0. The number of nitrogens with zero attached hydrogens (tertiary/aromatic N) is 1. The molecule has 0 rings (SSSR count). The number of hydrogen-bond acceptors (Lipinski definition) is 5. The maximum atomic E-state index is 11.4. The quantitative estimate of drug-likeness (QED) is 0.223. The third kappa shape index (κ3) is 12.4. The molecule has 0 saturated heterocycles. The van der Waals surface area contributed by atoms with Crippen molar-refractivity contribution in [2.75, 3.05) is 47.5 Å². The molecule has 0 aliphatic rings. The Morgan fingerprint density at radius 3 is 2.33 bits per heavy atom. The maximum absolute atomic E-state index is 11.4. The van der Waals surface area contributed by atoms with Gasteiger partial charge in [-0.1, -0.05) is 0 Å². The molecule has 18 heavy (non-hydrogen) atoms. The third-order valence-electron chi connectivity index (χ3n) is 1.73. The highest BCUT2D eigenvalue weighted by Gasteiger charge is 2.22. The first kappa shape index (κ1) is 18.0. The largest absolute Gasteiger partial charge is 0.498 e. The van der Waals surface area contributed by atoms with E-state index in [9.17, 15) is 9.46 Å². The number of phosphoric ester groups is 1. The van der Waals surface area contributed by atoms with Gasteiger partial charge < -0.3 is 14.1 Å². The van der Waals surface area contributed by atoms with E-state index in [2.05, 4.69) is 12.6 Å². The molecule has 8 heteroatoms. The molecule has 0 radical (unpaired) electrons. The Labute approximate surface area is 114 Å². The predicted molar refractivity (Wildman–Crippen MR) is 73.3 cm³/mol. The van der Waals surface area contributed by atoms with E-state index in [-0.39, 0.29) is 19.8 Å². The molecule has 1 N–H and O–H groups in total. The average molecular weight is 300 g/mol. The zero-order valence-electron chi connectivity index (χ0n) is 11.3. The molecule has 0 aromatic rings. The maximum Gasteiger partial charge on any atom is 0.472 e. The number of hydrogen-bond donors (Lipinski definition) is 2. The van der Waals surface area contributed by atoms with Gasteiger partial charge in [0.25, 0.3) is 0 Å². The predicted octanol–water partition coefficient (Wildman–Crippen LogP) is 1.63. The van der Waals surface area contributed by atoms with Crippen LogP contribution in [0, 0.1) is 0 Å². The number of ether oxygens (including phenoxy) is 1. The van der Waals surface area contributed by atoms with Gasteiger partial charge in [-0.2, -0.15) is 0 Å². The minimum absolute atomic E-state index is 0.0181. The Hall–Kier alpha value is -0.0400. The van der Waals surface area contributed by atoms with E-state index in [0.29, 0.717) is 15.9 Å². The minimum atomic E-state index is -3.97. The fourth-order valence-electron chi connectivity index (χ4n) is 0.848. The summed E-state index contributed by atoms with van der Waals surface area (Å²) in [4.78, 5) is 10.0. The summed E-state index contributed by atoms with van der Waals surface area (Å²) < 4.78 is 26.6. The molecule has 0 spiro atoms. The van der Waals surface area contributed by atoms with Crippen LogP contribution in [0.3, 0.4) is 0 Å². The number of thiol groups is 1. The summed E-state index contributed by atoms with van der Waals surface area (Å²) >= 11 is 3.99. The zero-order valence-corrected chi connectivity index (χ0v) is 13.1. The Kier molecular flexibility index (Phi) is 8.18. The Bertz CT molecular complexity index is 312. The number of quaternary nitrogens is 1. The molecular weight excluding hydrogens is 277 g/mol. The first-order chi connectivity index (χ1) is 8.12. The van der Waals surface area contributed by atoms with Gasteiger partial charge in [0.05, 0.1) is 34.0 Å². The smallest absolute Gasteiger partial charge is 0.472 e. The van der Waals surface area contributed by atoms with Gasteiger partial charge in [0.15, 0.2) is 0 Å². The molecule has 6 nitrogen and oxygen atoms in total. The van der Waals surface area contributed by atoms with Crippen LogP contribution in [-0.2, 0) is 18.3 Å². The summed E-state index contributed by atoms with van der Waals surface area (Å²) in [5.41, 5.74) is 0. The van der Waals surface area contributed by atoms with E-state index in [1.807, 2.05) is 21.1 Å². The van der Waals surface area contributed by atoms with Gasteiger partial charge in [-0.05, 0) is 6.92 Å². The van der Waals surface area contributed by atoms with Crippen LogP contribution in [-0.4, -0.2) is 56.9 Å². The lowest BCUT2D eigenvalue weighted by Crippen LogP contribution is -2.37. The topological polar surface area (TPSA) is 65.0 Å². The standard InChI is InChI=1S/C10H22NO5PS/c1-10(18)9-14-7-8-16-17(12,13)15-6-5-11(2,3)4/h9H,5-8H2,1-4H3,(H-,12,13,18)/p+1. The first-order valence-corrected chi connectivity index (χ1v) is 7.46. The molecule has 0 fully saturated rings. The molecule has 0 amide bonds. The van der Waals surface area contributed by atoms with Crippen molar-refractivity contribution in [3.05, 3.63) is 11.2 Å². The summed E-state index contributed by atoms with van der Waals surface area (Å²) in [5, 5.41) is 0. The van der Waals surface area contributed by atoms with Crippen LogP contribution in [0.5, 0.6) is 0 Å². The molecule has 1 unspecified atom stereocenters. The van der Waals surface area contributed by atoms with Crippen molar-refractivity contribution in [1.29, 1.82) is 0 Å². The van der Waals surface area contributed by atoms with Gasteiger partial charge in [-0.3, -0.25) is 9.05 Å². The van der Waals surface area contributed by atoms with Crippen molar-refractivity contribution >= 4 is 20.5 Å². The highest BCUT2D eigenvalue weighted by atomic mass is 32.1. The zero-order chi connectivity index (χ0) is 14.2. The second kappa shape index (κ2) is 8.19. The molecule has 0 bridgehead atoms. The molecule has 108 valence electrons. The third-order valence-corrected chi connectivity index (χ3v) is 2.85. The second-order valence-corrected chi connectivity index (χ2v) is 6.94. The summed E-state index contributed by atoms with van der Waals surface area (Å²) in [6.45, 7) is 2.69. The van der Waals surface area contributed by atoms with Crippen molar-refractivity contribution in [2.24, 2.45) is 0 Å². The van der Waals surface area contributed by atoms with Crippen LogP contribution in [0.4, 0.5) is 0 Å². The highest BCUT2D eigenvalue weighted by Crippen LogP contribution is 2.42. The Balaban J connectivity index is 3.74. The summed E-state index contributed by atoms with van der Waals surface area (Å²) in [6.07, 6.45) is 1.44. The molecule has 0 saturated carbocycles. The fraction of sp³-hybridized carbons (Fsp3) is 0.800. The average Bonchev–Trinajstić information content (AvgIpc) is 2.13. The van der Waals surface area contributed by atoms with E-state index in [1.165, 1.54) is 6.26 Å². The number of rotatable bonds is 9. The van der Waals surface area contributed by atoms with Crippen LogP contribution in [0.1, 0.15) is 6.92 Å². The van der Waals surface area contributed by atoms with Crippen LogP contribution in [0.25, 0.3) is 0 Å². The van der Waals surface area contributed by atoms with Crippen molar-refractivity contribution in [3.63, 3.8) is 0 Å². The number of allylic oxidation sites excluding steroid dienone is 1. The van der Waals surface area contributed by atoms with Gasteiger partial charge in [0.2, 0.25) is 0 Å². The molecule has 0 aromatic heterocycles. The minimum Gasteiger partial charge on any atom is -0.498 e. The lowest BCUT2D eigenvalue weighted by Gasteiger charge is -2.23. The lowest BCUT2D eigenvalue weighted by molar-refractivity contribution is -0.870. The molecule has 0 aromatic carbocycles. The van der Waals surface area contributed by atoms with E-state index in [1.54, 1.807) is 6.92 Å². The van der Waals surface area contributed by atoms with Crippen LogP contribution in [0.2, 0.25) is 0 Å². The van der Waals surface area contributed by atoms with Gasteiger partial charge >= 0.3 is 7.82 Å². The molecule has 0 heterocycles. The van der Waals surface area contributed by atoms with Crippen LogP contribution >= 0.6 is 20.5 Å². The van der Waals surface area contributed by atoms with Gasteiger partial charge in [-0.25, -0.2) is 4.57 Å². The van der Waals surface area contributed by atoms with E-state index >= 15 is 0 Å². The molecule has 1 atom stereocenters. The van der Waals surface area contributed by atoms with E-state index < -0.39 is 7.82 Å². The van der Waals surface area contributed by atoms with Crippen molar-refractivity contribution in [1.82, 2.24) is 0 Å². The van der Waals surface area contributed by atoms with Crippen molar-refractivity contribution < 1.29 is 27.7 Å². The Morgan fingerprint density at radius 1 is 1.28 bits per heavy atom. The molecular formula is C10H23NO5PS+. The molecule has 0 aliphatic carbocycles. The van der Waals surface area contributed by atoms with Gasteiger partial charge in [0, 0.05) is 4.91 Å². The van der Waals surface area contributed by atoms with Crippen molar-refractivity contribution in [2.45, 2.75) is 6.92 Å². The van der Waals surface area contributed by atoms with Gasteiger partial charge in [-0.15, -0.1) is 12.6 Å². The van der Waals surface area contributed by atoms with Crippen LogP contribution in [0.15, 0.2) is 11.2 Å². The normalized spacial score (nSPS) is 16.4. The highest BCUT2D eigenvalue weighted by molar-refractivity contribution is 7.84. The van der Waals surface area contributed by atoms with E-state index in [4.69, 9.17) is 13.8 Å². The fourth-order valence-corrected chi connectivity index (χ4v) is 1.61.